The standard InChI is InChI=1S/C22H27N9O3S/c1-5-31-17(10-14(4)29-31)26-18(32)11-30-12-24-19-20(27-22(23)28-21(19)30)25-15-6-8-16(9-7-15)35(33,34)13(2)3/h6-10,12-13H,5,11H2,1-4H3,(H,26,32)(H3,23,25,27,28). The highest BCUT2D eigenvalue weighted by atomic mass is 32.2. The fourth-order valence-electron chi connectivity index (χ4n) is 3.53. The minimum Gasteiger partial charge on any atom is -0.368 e. The molecule has 1 amide bonds. The molecule has 0 bridgehead atoms. The van der Waals surface area contributed by atoms with Gasteiger partial charge in [0, 0.05) is 18.3 Å². The number of carbonyl (C=O) groups is 1. The van der Waals surface area contributed by atoms with Gasteiger partial charge in [-0.15, -0.1) is 0 Å². The number of sulfone groups is 1. The summed E-state index contributed by atoms with van der Waals surface area (Å²) in [5.41, 5.74) is 8.13. The molecule has 35 heavy (non-hydrogen) atoms. The number of aryl methyl sites for hydroxylation is 2. The zero-order valence-electron chi connectivity index (χ0n) is 19.8. The zero-order chi connectivity index (χ0) is 25.3. The van der Waals surface area contributed by atoms with Crippen LogP contribution in [-0.4, -0.2) is 48.9 Å². The summed E-state index contributed by atoms with van der Waals surface area (Å²) in [5.74, 6) is 0.679. The Labute approximate surface area is 202 Å². The molecule has 0 aliphatic carbocycles. The molecule has 0 aliphatic heterocycles. The van der Waals surface area contributed by atoms with Crippen molar-refractivity contribution >= 4 is 50.2 Å². The van der Waals surface area contributed by atoms with Gasteiger partial charge in [0.2, 0.25) is 11.9 Å². The van der Waals surface area contributed by atoms with Crippen molar-refractivity contribution in [2.45, 2.75) is 50.9 Å². The fourth-order valence-corrected chi connectivity index (χ4v) is 4.58. The molecule has 0 spiro atoms. The van der Waals surface area contributed by atoms with Crippen LogP contribution in [0.2, 0.25) is 0 Å². The van der Waals surface area contributed by atoms with E-state index in [0.717, 1.165) is 5.69 Å². The average Bonchev–Trinajstić information content (AvgIpc) is 3.36. The van der Waals surface area contributed by atoms with E-state index in [1.807, 2.05) is 13.8 Å². The van der Waals surface area contributed by atoms with Crippen LogP contribution in [0.4, 0.5) is 23.3 Å². The number of amides is 1. The second kappa shape index (κ2) is 9.33. The Morgan fingerprint density at radius 3 is 2.54 bits per heavy atom. The molecule has 0 fully saturated rings. The van der Waals surface area contributed by atoms with Crippen molar-refractivity contribution in [2.75, 3.05) is 16.4 Å². The first kappa shape index (κ1) is 24.1. The van der Waals surface area contributed by atoms with Crippen molar-refractivity contribution in [3.63, 3.8) is 0 Å². The molecule has 1 aromatic carbocycles. The number of fused-ring (bicyclic) bond motifs is 1. The van der Waals surface area contributed by atoms with E-state index in [2.05, 4.69) is 30.7 Å². The lowest BCUT2D eigenvalue weighted by Gasteiger charge is -2.11. The molecular formula is C22H27N9O3S. The third-order valence-corrected chi connectivity index (χ3v) is 7.50. The van der Waals surface area contributed by atoms with Gasteiger partial charge in [-0.3, -0.25) is 4.79 Å². The molecule has 4 rings (SSSR count). The Bertz CT molecular complexity index is 1490. The van der Waals surface area contributed by atoms with Crippen LogP contribution >= 0.6 is 0 Å². The van der Waals surface area contributed by atoms with Crippen molar-refractivity contribution in [3.8, 4) is 0 Å². The third kappa shape index (κ3) is 4.94. The van der Waals surface area contributed by atoms with Gasteiger partial charge >= 0.3 is 0 Å². The maximum atomic E-state index is 12.7. The number of anilines is 4. The first-order valence-corrected chi connectivity index (χ1v) is 12.6. The monoisotopic (exact) mass is 497 g/mol. The van der Waals surface area contributed by atoms with E-state index >= 15 is 0 Å². The number of hydrogen-bond donors (Lipinski definition) is 3. The summed E-state index contributed by atoms with van der Waals surface area (Å²) in [7, 11) is -3.37. The van der Waals surface area contributed by atoms with Crippen molar-refractivity contribution in [1.82, 2.24) is 29.3 Å². The molecule has 0 atom stereocenters. The Morgan fingerprint density at radius 1 is 1.17 bits per heavy atom. The van der Waals surface area contributed by atoms with Gasteiger partial charge in [0.15, 0.2) is 26.8 Å². The maximum absolute atomic E-state index is 12.7. The largest absolute Gasteiger partial charge is 0.368 e. The van der Waals surface area contributed by atoms with Gasteiger partial charge in [0.25, 0.3) is 0 Å². The topological polar surface area (TPSA) is 163 Å². The SMILES string of the molecule is CCn1nc(C)cc1NC(=O)Cn1cnc2c(Nc3ccc(S(=O)(=O)C(C)C)cc3)nc(N)nc21. The minimum atomic E-state index is -3.37. The lowest BCUT2D eigenvalue weighted by Crippen LogP contribution is -2.20. The molecule has 0 unspecified atom stereocenters. The summed E-state index contributed by atoms with van der Waals surface area (Å²) >= 11 is 0. The molecule has 4 N–H and O–H groups in total. The average molecular weight is 498 g/mol. The van der Waals surface area contributed by atoms with Crippen LogP contribution in [0.1, 0.15) is 26.5 Å². The van der Waals surface area contributed by atoms with Crippen molar-refractivity contribution < 1.29 is 13.2 Å². The molecule has 0 radical (unpaired) electrons. The number of nitrogen functional groups attached to an aromatic ring is 1. The Morgan fingerprint density at radius 2 is 1.89 bits per heavy atom. The Kier molecular flexibility index (Phi) is 6.43. The molecule has 0 aliphatic rings. The number of benzene rings is 1. The summed E-state index contributed by atoms with van der Waals surface area (Å²) in [5, 5.41) is 9.76. The van der Waals surface area contributed by atoms with E-state index in [1.54, 1.807) is 41.3 Å². The second-order valence-corrected chi connectivity index (χ2v) is 10.8. The van der Waals surface area contributed by atoms with Crippen LogP contribution < -0.4 is 16.4 Å². The quantitative estimate of drug-likeness (QED) is 0.332. The van der Waals surface area contributed by atoms with Gasteiger partial charge < -0.3 is 20.9 Å². The predicted octanol–water partition coefficient (Wildman–Crippen LogP) is 2.50. The number of nitrogens with two attached hydrogens (primary N) is 1. The van der Waals surface area contributed by atoms with Crippen LogP contribution in [0.3, 0.4) is 0 Å². The highest BCUT2D eigenvalue weighted by Crippen LogP contribution is 2.25. The number of nitrogens with zero attached hydrogens (tertiary/aromatic N) is 6. The number of hydrogen-bond acceptors (Lipinski definition) is 9. The smallest absolute Gasteiger partial charge is 0.245 e. The summed E-state index contributed by atoms with van der Waals surface area (Å²) in [4.78, 5) is 25.8. The van der Waals surface area contributed by atoms with E-state index in [1.165, 1.54) is 18.5 Å². The number of aromatic nitrogens is 6. The van der Waals surface area contributed by atoms with Crippen molar-refractivity contribution in [3.05, 3.63) is 42.4 Å². The van der Waals surface area contributed by atoms with Gasteiger partial charge in [-0.1, -0.05) is 0 Å². The molecule has 3 heterocycles. The van der Waals surface area contributed by atoms with E-state index in [0.29, 0.717) is 35.0 Å². The molecular weight excluding hydrogens is 470 g/mol. The van der Waals surface area contributed by atoms with Crippen LogP contribution in [-0.2, 0) is 27.7 Å². The van der Waals surface area contributed by atoms with Gasteiger partial charge in [0.1, 0.15) is 12.4 Å². The van der Waals surface area contributed by atoms with Gasteiger partial charge in [-0.25, -0.2) is 18.1 Å². The van der Waals surface area contributed by atoms with Gasteiger partial charge in [0.05, 0.1) is 22.2 Å². The first-order chi connectivity index (χ1) is 16.6. The lowest BCUT2D eigenvalue weighted by molar-refractivity contribution is -0.116. The van der Waals surface area contributed by atoms with Crippen molar-refractivity contribution in [1.29, 1.82) is 0 Å². The maximum Gasteiger partial charge on any atom is 0.245 e. The second-order valence-electron chi connectivity index (χ2n) is 8.25. The van der Waals surface area contributed by atoms with Crippen LogP contribution in [0, 0.1) is 6.92 Å². The minimum absolute atomic E-state index is 0.000785. The summed E-state index contributed by atoms with van der Waals surface area (Å²) < 4.78 is 28.0. The zero-order valence-corrected chi connectivity index (χ0v) is 20.7. The summed E-state index contributed by atoms with van der Waals surface area (Å²) in [6, 6.07) is 8.15. The molecule has 13 heteroatoms. The molecule has 4 aromatic rings. The molecule has 0 saturated heterocycles. The normalized spacial score (nSPS) is 11.8. The molecule has 184 valence electrons. The van der Waals surface area contributed by atoms with E-state index in [-0.39, 0.29) is 23.3 Å². The lowest BCUT2D eigenvalue weighted by atomic mass is 10.3. The molecule has 3 aromatic heterocycles. The number of rotatable bonds is 8. The Balaban J connectivity index is 1.56. The highest BCUT2D eigenvalue weighted by Gasteiger charge is 2.19. The van der Waals surface area contributed by atoms with Gasteiger partial charge in [-0.05, 0) is 52.0 Å². The Hall–Kier alpha value is -4.00. The first-order valence-electron chi connectivity index (χ1n) is 11.0. The number of imidazole rings is 1. The van der Waals surface area contributed by atoms with Crippen molar-refractivity contribution in [2.24, 2.45) is 0 Å². The summed E-state index contributed by atoms with van der Waals surface area (Å²) in [6.45, 7) is 7.66. The highest BCUT2D eigenvalue weighted by molar-refractivity contribution is 7.92. The summed E-state index contributed by atoms with van der Waals surface area (Å²) in [6.07, 6.45) is 1.49. The third-order valence-electron chi connectivity index (χ3n) is 5.33. The van der Waals surface area contributed by atoms with Crippen LogP contribution in [0.5, 0.6) is 0 Å². The van der Waals surface area contributed by atoms with E-state index < -0.39 is 15.1 Å². The number of carbonyl (C=O) groups excluding carboxylic acids is 1. The number of nitrogens with one attached hydrogen (secondary N) is 2. The van der Waals surface area contributed by atoms with Crippen LogP contribution in [0.15, 0.2) is 41.6 Å². The molecule has 12 nitrogen and oxygen atoms in total. The fraction of sp³-hybridized carbons (Fsp3) is 0.318. The predicted molar refractivity (Wildman–Crippen MR) is 133 cm³/mol. The van der Waals surface area contributed by atoms with Crippen LogP contribution in [0.25, 0.3) is 11.2 Å². The van der Waals surface area contributed by atoms with E-state index in [9.17, 15) is 13.2 Å². The molecule has 0 saturated carbocycles. The van der Waals surface area contributed by atoms with Gasteiger partial charge in [-0.2, -0.15) is 15.1 Å². The van der Waals surface area contributed by atoms with E-state index in [4.69, 9.17) is 5.73 Å².